The first-order chi connectivity index (χ1) is 18.8. The number of nitrogens with zero attached hydrogens (tertiary/aromatic N) is 1. The van der Waals surface area contributed by atoms with Gasteiger partial charge >= 0.3 is 0 Å². The van der Waals surface area contributed by atoms with E-state index >= 15 is 0 Å². The number of anilines is 3. The van der Waals surface area contributed by atoms with E-state index in [0.29, 0.717) is 0 Å². The van der Waals surface area contributed by atoms with E-state index in [-0.39, 0.29) is 0 Å². The van der Waals surface area contributed by atoms with E-state index < -0.39 is 0 Å². The molecule has 0 fully saturated rings. The summed E-state index contributed by atoms with van der Waals surface area (Å²) in [6.45, 7) is 0. The summed E-state index contributed by atoms with van der Waals surface area (Å²) in [6.07, 6.45) is 7.23. The standard InChI is InChI=1S/C36H29NO/c1-3-11-26(12-4-1)27-19-21-29(22-20-27)37(34-17-9-7-15-31(34)28-13-5-2-6-14-28)30-23-24-33-32-16-8-10-18-35(32)38-36(33)25-30/h1,3-4,7-13,15-25H,2,5-6,14H2. The van der Waals surface area contributed by atoms with Gasteiger partial charge in [-0.25, -0.2) is 0 Å². The van der Waals surface area contributed by atoms with Crippen LogP contribution in [0.15, 0.2) is 132 Å². The molecule has 1 aromatic heterocycles. The number of para-hydroxylation sites is 2. The molecule has 2 heteroatoms. The normalized spacial score (nSPS) is 13.5. The number of rotatable bonds is 5. The van der Waals surface area contributed by atoms with Gasteiger partial charge in [-0.2, -0.15) is 0 Å². The Morgan fingerprint density at radius 1 is 0.553 bits per heavy atom. The molecule has 0 atom stereocenters. The van der Waals surface area contributed by atoms with Crippen molar-refractivity contribution in [2.45, 2.75) is 25.7 Å². The molecule has 7 rings (SSSR count). The number of hydrogen-bond donors (Lipinski definition) is 0. The van der Waals surface area contributed by atoms with Crippen molar-refractivity contribution in [3.8, 4) is 11.1 Å². The number of hydrogen-bond acceptors (Lipinski definition) is 2. The number of benzene rings is 5. The van der Waals surface area contributed by atoms with E-state index in [1.54, 1.807) is 0 Å². The molecule has 1 heterocycles. The SMILES string of the molecule is C1=C(c2ccccc2N(c2ccc(-c3ccccc3)cc2)c2ccc3c(c2)oc2ccccc23)CCCC1. The predicted molar refractivity (Wildman–Crippen MR) is 160 cm³/mol. The number of fused-ring (bicyclic) bond motifs is 3. The van der Waals surface area contributed by atoms with Gasteiger partial charge in [0.2, 0.25) is 0 Å². The average Bonchev–Trinajstić information content (AvgIpc) is 3.37. The first-order valence-electron chi connectivity index (χ1n) is 13.5. The first-order valence-corrected chi connectivity index (χ1v) is 13.5. The second kappa shape index (κ2) is 9.72. The topological polar surface area (TPSA) is 16.4 Å². The van der Waals surface area contributed by atoms with Crippen LogP contribution >= 0.6 is 0 Å². The van der Waals surface area contributed by atoms with Gasteiger partial charge in [0.25, 0.3) is 0 Å². The maximum atomic E-state index is 6.30. The van der Waals surface area contributed by atoms with Crippen molar-refractivity contribution in [2.24, 2.45) is 0 Å². The van der Waals surface area contributed by atoms with Gasteiger partial charge in [-0.1, -0.05) is 84.9 Å². The fourth-order valence-electron chi connectivity index (χ4n) is 5.74. The van der Waals surface area contributed by atoms with Crippen molar-refractivity contribution in [1.82, 2.24) is 0 Å². The maximum Gasteiger partial charge on any atom is 0.137 e. The lowest BCUT2D eigenvalue weighted by Gasteiger charge is -2.29. The van der Waals surface area contributed by atoms with Crippen molar-refractivity contribution in [2.75, 3.05) is 4.90 Å². The van der Waals surface area contributed by atoms with Crippen LogP contribution in [0.25, 0.3) is 38.6 Å². The highest BCUT2D eigenvalue weighted by atomic mass is 16.3. The van der Waals surface area contributed by atoms with Crippen molar-refractivity contribution in [3.05, 3.63) is 133 Å². The summed E-state index contributed by atoms with van der Waals surface area (Å²) in [7, 11) is 0. The molecule has 0 radical (unpaired) electrons. The largest absolute Gasteiger partial charge is 0.456 e. The minimum absolute atomic E-state index is 0.906. The molecular weight excluding hydrogens is 462 g/mol. The highest BCUT2D eigenvalue weighted by Crippen LogP contribution is 2.43. The highest BCUT2D eigenvalue weighted by Gasteiger charge is 2.20. The second-order valence-corrected chi connectivity index (χ2v) is 10.0. The molecule has 0 aliphatic heterocycles. The molecule has 0 unspecified atom stereocenters. The summed E-state index contributed by atoms with van der Waals surface area (Å²) in [5, 5.41) is 2.30. The maximum absolute atomic E-state index is 6.30. The Morgan fingerprint density at radius 2 is 1.26 bits per heavy atom. The lowest BCUT2D eigenvalue weighted by Crippen LogP contribution is -2.12. The van der Waals surface area contributed by atoms with Gasteiger partial charge in [-0.15, -0.1) is 0 Å². The Labute approximate surface area is 223 Å². The van der Waals surface area contributed by atoms with Crippen LogP contribution in [0.3, 0.4) is 0 Å². The third-order valence-corrected chi connectivity index (χ3v) is 7.64. The zero-order valence-electron chi connectivity index (χ0n) is 21.3. The highest BCUT2D eigenvalue weighted by molar-refractivity contribution is 6.06. The van der Waals surface area contributed by atoms with E-state index in [4.69, 9.17) is 4.42 Å². The Balaban J connectivity index is 1.40. The lowest BCUT2D eigenvalue weighted by molar-refractivity contribution is 0.669. The molecule has 184 valence electrons. The van der Waals surface area contributed by atoms with Crippen LogP contribution in [-0.4, -0.2) is 0 Å². The fraction of sp³-hybridized carbons (Fsp3) is 0.111. The Bertz CT molecular complexity index is 1760. The second-order valence-electron chi connectivity index (χ2n) is 10.0. The van der Waals surface area contributed by atoms with Gasteiger partial charge in [0, 0.05) is 33.8 Å². The van der Waals surface area contributed by atoms with E-state index in [2.05, 4.69) is 120 Å². The third-order valence-electron chi connectivity index (χ3n) is 7.64. The Hall–Kier alpha value is -4.56. The molecule has 0 spiro atoms. The van der Waals surface area contributed by atoms with E-state index in [1.165, 1.54) is 40.8 Å². The van der Waals surface area contributed by atoms with E-state index in [0.717, 1.165) is 46.2 Å². The molecule has 5 aromatic carbocycles. The quantitative estimate of drug-likeness (QED) is 0.238. The monoisotopic (exact) mass is 491 g/mol. The molecule has 0 saturated heterocycles. The van der Waals surface area contributed by atoms with Gasteiger partial charge in [0.15, 0.2) is 0 Å². The first kappa shape index (κ1) is 22.6. The zero-order valence-corrected chi connectivity index (χ0v) is 21.3. The van der Waals surface area contributed by atoms with Gasteiger partial charge in [0.05, 0.1) is 5.69 Å². The molecule has 38 heavy (non-hydrogen) atoms. The van der Waals surface area contributed by atoms with Crippen molar-refractivity contribution < 1.29 is 4.42 Å². The van der Waals surface area contributed by atoms with E-state index in [9.17, 15) is 0 Å². The minimum Gasteiger partial charge on any atom is -0.456 e. The summed E-state index contributed by atoms with van der Waals surface area (Å²) >= 11 is 0. The average molecular weight is 492 g/mol. The molecular formula is C36H29NO. The number of allylic oxidation sites excluding steroid dienone is 2. The third kappa shape index (κ3) is 4.09. The van der Waals surface area contributed by atoms with Crippen molar-refractivity contribution in [3.63, 3.8) is 0 Å². The smallest absolute Gasteiger partial charge is 0.137 e. The molecule has 0 amide bonds. The van der Waals surface area contributed by atoms with Crippen LogP contribution < -0.4 is 4.90 Å². The Morgan fingerprint density at radius 3 is 2.11 bits per heavy atom. The van der Waals surface area contributed by atoms with Crippen molar-refractivity contribution >= 4 is 44.6 Å². The summed E-state index contributed by atoms with van der Waals surface area (Å²) in [5.74, 6) is 0. The summed E-state index contributed by atoms with van der Waals surface area (Å²) in [5.41, 5.74) is 10.4. The predicted octanol–water partition coefficient (Wildman–Crippen LogP) is 10.7. The van der Waals surface area contributed by atoms with E-state index in [1.807, 2.05) is 12.1 Å². The van der Waals surface area contributed by atoms with Crippen LogP contribution in [0.2, 0.25) is 0 Å². The van der Waals surface area contributed by atoms with Gasteiger partial charge in [0.1, 0.15) is 11.2 Å². The molecule has 2 nitrogen and oxygen atoms in total. The number of furan rings is 1. The van der Waals surface area contributed by atoms with Crippen LogP contribution in [0.5, 0.6) is 0 Å². The minimum atomic E-state index is 0.906. The zero-order chi connectivity index (χ0) is 25.3. The van der Waals surface area contributed by atoms with Crippen LogP contribution in [0.4, 0.5) is 17.1 Å². The van der Waals surface area contributed by atoms with Gasteiger partial charge in [-0.05, 0) is 78.8 Å². The summed E-state index contributed by atoms with van der Waals surface area (Å²) in [6, 6.07) is 43.2. The fourth-order valence-corrected chi connectivity index (χ4v) is 5.74. The lowest BCUT2D eigenvalue weighted by atomic mass is 9.92. The Kier molecular flexibility index (Phi) is 5.79. The molecule has 1 aliphatic carbocycles. The summed E-state index contributed by atoms with van der Waals surface area (Å²) < 4.78 is 6.30. The van der Waals surface area contributed by atoms with Crippen LogP contribution in [0, 0.1) is 0 Å². The van der Waals surface area contributed by atoms with Gasteiger partial charge in [-0.3, -0.25) is 0 Å². The van der Waals surface area contributed by atoms with Gasteiger partial charge < -0.3 is 9.32 Å². The molecule has 0 N–H and O–H groups in total. The van der Waals surface area contributed by atoms with Crippen LogP contribution in [0.1, 0.15) is 31.2 Å². The molecule has 0 saturated carbocycles. The summed E-state index contributed by atoms with van der Waals surface area (Å²) in [4.78, 5) is 2.38. The molecule has 1 aliphatic rings. The van der Waals surface area contributed by atoms with Crippen LogP contribution in [-0.2, 0) is 0 Å². The molecule has 6 aromatic rings. The molecule has 0 bridgehead atoms. The van der Waals surface area contributed by atoms with Crippen molar-refractivity contribution in [1.29, 1.82) is 0 Å².